The minimum Gasteiger partial charge on any atom is -0.392 e. The van der Waals surface area contributed by atoms with Crippen molar-refractivity contribution in [3.05, 3.63) is 24.3 Å². The van der Waals surface area contributed by atoms with Gasteiger partial charge in [-0.05, 0) is 37.1 Å². The number of hydrogen-bond acceptors (Lipinski definition) is 4. The van der Waals surface area contributed by atoms with Crippen LogP contribution in [0.4, 0.5) is 5.69 Å². The SMILES string of the molecule is CC(=O)Nc1ccc(S(=O)(=O)N2CCCC(O)C2)cc1. The van der Waals surface area contributed by atoms with Crippen molar-refractivity contribution in [1.29, 1.82) is 0 Å². The van der Waals surface area contributed by atoms with Crippen LogP contribution in [0.2, 0.25) is 0 Å². The van der Waals surface area contributed by atoms with E-state index in [9.17, 15) is 18.3 Å². The maximum absolute atomic E-state index is 12.4. The van der Waals surface area contributed by atoms with E-state index >= 15 is 0 Å². The van der Waals surface area contributed by atoms with Gasteiger partial charge in [-0.1, -0.05) is 0 Å². The standard InChI is InChI=1S/C13H18N2O4S/c1-10(16)14-11-4-6-13(7-5-11)20(18,19)15-8-2-3-12(17)9-15/h4-7,12,17H,2-3,8-9H2,1H3,(H,14,16). The largest absolute Gasteiger partial charge is 0.392 e. The van der Waals surface area contributed by atoms with E-state index in [0.29, 0.717) is 25.1 Å². The van der Waals surface area contributed by atoms with Gasteiger partial charge in [-0.25, -0.2) is 8.42 Å². The van der Waals surface area contributed by atoms with E-state index in [2.05, 4.69) is 5.32 Å². The van der Waals surface area contributed by atoms with E-state index in [-0.39, 0.29) is 17.3 Å². The van der Waals surface area contributed by atoms with Gasteiger partial charge in [0.1, 0.15) is 0 Å². The second kappa shape index (κ2) is 5.90. The normalized spacial score (nSPS) is 20.6. The Morgan fingerprint density at radius 2 is 2.00 bits per heavy atom. The summed E-state index contributed by atoms with van der Waals surface area (Å²) in [6.07, 6.45) is 0.690. The number of benzene rings is 1. The van der Waals surface area contributed by atoms with E-state index in [0.717, 1.165) is 0 Å². The van der Waals surface area contributed by atoms with Crippen molar-refractivity contribution in [2.24, 2.45) is 0 Å². The van der Waals surface area contributed by atoms with Crippen LogP contribution in [0.1, 0.15) is 19.8 Å². The number of rotatable bonds is 3. The monoisotopic (exact) mass is 298 g/mol. The minimum absolute atomic E-state index is 0.135. The van der Waals surface area contributed by atoms with Crippen LogP contribution in [0, 0.1) is 0 Å². The zero-order valence-corrected chi connectivity index (χ0v) is 12.1. The van der Waals surface area contributed by atoms with Gasteiger partial charge in [-0.15, -0.1) is 0 Å². The van der Waals surface area contributed by atoms with Crippen LogP contribution in [-0.2, 0) is 14.8 Å². The van der Waals surface area contributed by atoms with Crippen LogP contribution >= 0.6 is 0 Å². The quantitative estimate of drug-likeness (QED) is 0.864. The van der Waals surface area contributed by atoms with Crippen LogP contribution < -0.4 is 5.32 Å². The second-order valence-electron chi connectivity index (χ2n) is 4.86. The summed E-state index contributed by atoms with van der Waals surface area (Å²) in [4.78, 5) is 11.1. The molecule has 1 heterocycles. The lowest BCUT2D eigenvalue weighted by Gasteiger charge is -2.29. The Morgan fingerprint density at radius 3 is 2.55 bits per heavy atom. The maximum Gasteiger partial charge on any atom is 0.243 e. The van der Waals surface area contributed by atoms with Gasteiger partial charge in [-0.3, -0.25) is 4.79 Å². The molecule has 110 valence electrons. The molecule has 0 aliphatic carbocycles. The topological polar surface area (TPSA) is 86.7 Å². The summed E-state index contributed by atoms with van der Waals surface area (Å²) in [5.41, 5.74) is 0.551. The number of piperidine rings is 1. The number of aliphatic hydroxyl groups is 1. The van der Waals surface area contributed by atoms with Gasteiger partial charge in [-0.2, -0.15) is 4.31 Å². The summed E-state index contributed by atoms with van der Waals surface area (Å²) in [6.45, 7) is 1.95. The predicted molar refractivity (Wildman–Crippen MR) is 74.7 cm³/mol. The van der Waals surface area contributed by atoms with E-state index in [1.807, 2.05) is 0 Å². The molecule has 1 aromatic carbocycles. The molecule has 1 aliphatic heterocycles. The molecule has 1 saturated heterocycles. The van der Waals surface area contributed by atoms with E-state index in [1.165, 1.54) is 23.4 Å². The number of carbonyl (C=O) groups excluding carboxylic acids is 1. The van der Waals surface area contributed by atoms with Crippen molar-refractivity contribution in [3.63, 3.8) is 0 Å². The summed E-state index contributed by atoms with van der Waals surface area (Å²) in [5, 5.41) is 12.2. The van der Waals surface area contributed by atoms with E-state index in [4.69, 9.17) is 0 Å². The van der Waals surface area contributed by atoms with Gasteiger partial charge in [0.2, 0.25) is 15.9 Å². The van der Waals surface area contributed by atoms with E-state index < -0.39 is 16.1 Å². The minimum atomic E-state index is -3.58. The zero-order valence-electron chi connectivity index (χ0n) is 11.2. The number of anilines is 1. The summed E-state index contributed by atoms with van der Waals surface area (Å²) in [7, 11) is -3.58. The van der Waals surface area contributed by atoms with Crippen LogP contribution in [0.15, 0.2) is 29.2 Å². The van der Waals surface area contributed by atoms with Crippen molar-refractivity contribution < 1.29 is 18.3 Å². The van der Waals surface area contributed by atoms with Crippen molar-refractivity contribution in [2.75, 3.05) is 18.4 Å². The van der Waals surface area contributed by atoms with Gasteiger partial charge in [0, 0.05) is 25.7 Å². The zero-order chi connectivity index (χ0) is 14.8. The first kappa shape index (κ1) is 15.0. The molecule has 0 aromatic heterocycles. The fraction of sp³-hybridized carbons (Fsp3) is 0.462. The molecule has 1 atom stereocenters. The molecule has 1 fully saturated rings. The number of aliphatic hydroxyl groups excluding tert-OH is 1. The second-order valence-corrected chi connectivity index (χ2v) is 6.80. The molecule has 1 aromatic rings. The summed E-state index contributed by atoms with van der Waals surface area (Å²) >= 11 is 0. The highest BCUT2D eigenvalue weighted by atomic mass is 32.2. The average Bonchev–Trinajstić information content (AvgIpc) is 2.38. The van der Waals surface area contributed by atoms with Crippen LogP contribution in [-0.4, -0.2) is 42.9 Å². The molecule has 6 nitrogen and oxygen atoms in total. The average molecular weight is 298 g/mol. The Hall–Kier alpha value is -1.44. The number of β-amino-alcohol motifs (C(OH)–C–C–N with tert-alkyl or cyclic N) is 1. The van der Waals surface area contributed by atoms with Crippen molar-refractivity contribution in [2.45, 2.75) is 30.8 Å². The first-order valence-corrected chi connectivity index (χ1v) is 7.89. The Kier molecular flexibility index (Phi) is 4.42. The van der Waals surface area contributed by atoms with Gasteiger partial charge in [0.05, 0.1) is 11.0 Å². The van der Waals surface area contributed by atoms with Gasteiger partial charge < -0.3 is 10.4 Å². The molecule has 1 amide bonds. The van der Waals surface area contributed by atoms with Crippen molar-refractivity contribution >= 4 is 21.6 Å². The fourth-order valence-electron chi connectivity index (χ4n) is 2.20. The Balaban J connectivity index is 2.19. The molecule has 1 unspecified atom stereocenters. The lowest BCUT2D eigenvalue weighted by Crippen LogP contribution is -2.42. The summed E-state index contributed by atoms with van der Waals surface area (Å²) < 4.78 is 26.1. The maximum atomic E-state index is 12.4. The van der Waals surface area contributed by atoms with Crippen LogP contribution in [0.25, 0.3) is 0 Å². The third-order valence-corrected chi connectivity index (χ3v) is 5.05. The molecule has 20 heavy (non-hydrogen) atoms. The number of nitrogens with zero attached hydrogens (tertiary/aromatic N) is 1. The van der Waals surface area contributed by atoms with Crippen molar-refractivity contribution in [3.8, 4) is 0 Å². The highest BCUT2D eigenvalue weighted by molar-refractivity contribution is 7.89. The molecular weight excluding hydrogens is 280 g/mol. The molecule has 2 N–H and O–H groups in total. The predicted octanol–water partition coefficient (Wildman–Crippen LogP) is 0.790. The molecule has 0 bridgehead atoms. The highest BCUT2D eigenvalue weighted by Crippen LogP contribution is 2.22. The van der Waals surface area contributed by atoms with Crippen LogP contribution in [0.5, 0.6) is 0 Å². The molecule has 2 rings (SSSR count). The molecule has 0 radical (unpaired) electrons. The first-order valence-electron chi connectivity index (χ1n) is 6.45. The number of hydrogen-bond donors (Lipinski definition) is 2. The number of nitrogens with one attached hydrogen (secondary N) is 1. The van der Waals surface area contributed by atoms with Gasteiger partial charge in [0.15, 0.2) is 0 Å². The first-order chi connectivity index (χ1) is 9.39. The molecule has 7 heteroatoms. The Labute approximate surface area is 118 Å². The third kappa shape index (κ3) is 3.36. The number of amides is 1. The fourth-order valence-corrected chi connectivity index (χ4v) is 3.72. The third-order valence-electron chi connectivity index (χ3n) is 3.17. The van der Waals surface area contributed by atoms with Gasteiger partial charge in [0.25, 0.3) is 0 Å². The Morgan fingerprint density at radius 1 is 1.35 bits per heavy atom. The Bertz CT molecular complexity index is 583. The van der Waals surface area contributed by atoms with Crippen LogP contribution in [0.3, 0.4) is 0 Å². The number of sulfonamides is 1. The summed E-state index contributed by atoms with van der Waals surface area (Å²) in [5.74, 6) is -0.209. The lowest BCUT2D eigenvalue weighted by atomic mass is 10.1. The molecule has 1 aliphatic rings. The lowest BCUT2D eigenvalue weighted by molar-refractivity contribution is -0.114. The van der Waals surface area contributed by atoms with Gasteiger partial charge >= 0.3 is 0 Å². The van der Waals surface area contributed by atoms with E-state index in [1.54, 1.807) is 12.1 Å². The van der Waals surface area contributed by atoms with Crippen molar-refractivity contribution in [1.82, 2.24) is 4.31 Å². The molecular formula is C13H18N2O4S. The highest BCUT2D eigenvalue weighted by Gasteiger charge is 2.29. The smallest absolute Gasteiger partial charge is 0.243 e. The summed E-state index contributed by atoms with van der Waals surface area (Å²) in [6, 6.07) is 6.02. The molecule has 0 saturated carbocycles. The molecule has 0 spiro atoms. The number of carbonyl (C=O) groups is 1.